The minimum absolute atomic E-state index is 0.0570. The zero-order valence-corrected chi connectivity index (χ0v) is 27.2. The van der Waals surface area contributed by atoms with Crippen molar-refractivity contribution < 1.29 is 29.0 Å². The first-order valence-electron chi connectivity index (χ1n) is 16.3. The van der Waals surface area contributed by atoms with Crippen LogP contribution in [0.3, 0.4) is 0 Å². The van der Waals surface area contributed by atoms with Crippen molar-refractivity contribution in [2.45, 2.75) is 82.1 Å². The quantitative estimate of drug-likeness (QED) is 0.242. The number of carboxylic acids is 1. The number of aromatic amines is 1. The number of carboxylic acid groups (broad SMARTS) is 1. The monoisotopic (exact) mass is 667 g/mol. The molecule has 4 aliphatic carbocycles. The van der Waals surface area contributed by atoms with Gasteiger partial charge >= 0.3 is 12.1 Å². The average molecular weight is 669 g/mol. The van der Waals surface area contributed by atoms with Gasteiger partial charge in [-0.1, -0.05) is 41.4 Å². The number of benzene rings is 2. The van der Waals surface area contributed by atoms with Crippen LogP contribution < -0.4 is 10.1 Å². The summed E-state index contributed by atoms with van der Waals surface area (Å²) in [6.45, 7) is 1.80. The summed E-state index contributed by atoms with van der Waals surface area (Å²) in [4.78, 5) is 45.4. The Morgan fingerprint density at radius 2 is 1.74 bits per heavy atom. The van der Waals surface area contributed by atoms with Gasteiger partial charge in [0.25, 0.3) is 0 Å². The van der Waals surface area contributed by atoms with Gasteiger partial charge in [-0.3, -0.25) is 4.79 Å². The molecule has 1 aromatic heterocycles. The zero-order valence-electron chi connectivity index (χ0n) is 25.7. The standard InChI is InChI=1S/C35H39Cl2N3O6/c1-35(17-23-18-38-28-5-3-2-4-26(23)28,39-34(44)46-31-21-11-19-10-20(13-21)14-22(31)12-19)33(43)40-9-8-25(16-29(40)32(41)42)45-30-7-6-24(36)15-27(30)37/h2-7,15,18-22,25,29,31,38H,8-14,16-17H2,1H3,(H,39,44)(H,41,42). The van der Waals surface area contributed by atoms with E-state index >= 15 is 0 Å². The molecule has 2 heterocycles. The number of piperidine rings is 1. The predicted octanol–water partition coefficient (Wildman–Crippen LogP) is 6.85. The summed E-state index contributed by atoms with van der Waals surface area (Å²) in [5.41, 5.74) is 0.268. The Hall–Kier alpha value is -3.43. The summed E-state index contributed by atoms with van der Waals surface area (Å²) >= 11 is 12.3. The number of aromatic nitrogens is 1. The lowest BCUT2D eigenvalue weighted by Gasteiger charge is -2.53. The molecular weight excluding hydrogens is 629 g/mol. The Labute approximate surface area is 277 Å². The fourth-order valence-corrected chi connectivity index (χ4v) is 9.32. The van der Waals surface area contributed by atoms with Gasteiger partial charge in [-0.05, 0) is 92.5 Å². The van der Waals surface area contributed by atoms with Gasteiger partial charge in [0.2, 0.25) is 5.91 Å². The molecule has 1 saturated heterocycles. The summed E-state index contributed by atoms with van der Waals surface area (Å²) in [5.74, 6) is 0.969. The van der Waals surface area contributed by atoms with Crippen molar-refractivity contribution in [2.75, 3.05) is 6.54 Å². The molecule has 3 N–H and O–H groups in total. The molecule has 3 unspecified atom stereocenters. The maximum Gasteiger partial charge on any atom is 0.408 e. The minimum atomic E-state index is -1.48. The van der Waals surface area contributed by atoms with Gasteiger partial charge in [-0.15, -0.1) is 0 Å². The molecule has 2 amide bonds. The van der Waals surface area contributed by atoms with Gasteiger partial charge in [0.05, 0.1) is 5.02 Å². The van der Waals surface area contributed by atoms with Crippen LogP contribution >= 0.6 is 23.2 Å². The number of likely N-dealkylation sites (tertiary alicyclic amines) is 1. The second-order valence-electron chi connectivity index (χ2n) is 14.0. The lowest BCUT2D eigenvalue weighted by Crippen LogP contribution is -2.64. The maximum atomic E-state index is 14.5. The highest BCUT2D eigenvalue weighted by Crippen LogP contribution is 2.54. The van der Waals surface area contributed by atoms with Gasteiger partial charge in [0.1, 0.15) is 29.5 Å². The van der Waals surface area contributed by atoms with E-state index in [0.717, 1.165) is 54.0 Å². The van der Waals surface area contributed by atoms with E-state index in [-0.39, 0.29) is 25.5 Å². The van der Waals surface area contributed by atoms with Crippen LogP contribution in [0.15, 0.2) is 48.7 Å². The van der Waals surface area contributed by atoms with E-state index in [1.54, 1.807) is 25.1 Å². The van der Waals surface area contributed by atoms with Crippen LogP contribution in [-0.4, -0.2) is 63.3 Å². The maximum absolute atomic E-state index is 14.5. The van der Waals surface area contributed by atoms with Crippen molar-refractivity contribution in [2.24, 2.45) is 23.7 Å². The van der Waals surface area contributed by atoms with E-state index in [0.29, 0.717) is 34.1 Å². The first kappa shape index (κ1) is 31.2. The molecule has 8 rings (SSSR count). The lowest BCUT2D eigenvalue weighted by atomic mass is 9.55. The summed E-state index contributed by atoms with van der Waals surface area (Å²) in [6, 6.07) is 11.5. The highest BCUT2D eigenvalue weighted by molar-refractivity contribution is 6.35. The Kier molecular flexibility index (Phi) is 8.34. The molecule has 46 heavy (non-hydrogen) atoms. The molecule has 244 valence electrons. The molecule has 0 spiro atoms. The van der Waals surface area contributed by atoms with Crippen LogP contribution in [0.25, 0.3) is 10.9 Å². The number of carbonyl (C=O) groups excluding carboxylic acids is 2. The lowest BCUT2D eigenvalue weighted by molar-refractivity contribution is -0.157. The second-order valence-corrected chi connectivity index (χ2v) is 14.8. The van der Waals surface area contributed by atoms with Gasteiger partial charge in [-0.25, -0.2) is 9.59 Å². The molecule has 4 bridgehead atoms. The summed E-state index contributed by atoms with van der Waals surface area (Å²) in [7, 11) is 0. The Morgan fingerprint density at radius 3 is 2.43 bits per heavy atom. The van der Waals surface area contributed by atoms with E-state index in [2.05, 4.69) is 10.3 Å². The van der Waals surface area contributed by atoms with E-state index in [1.165, 1.54) is 11.3 Å². The number of para-hydroxylation sites is 1. The van der Waals surface area contributed by atoms with Crippen LogP contribution in [0.2, 0.25) is 10.0 Å². The van der Waals surface area contributed by atoms with Gasteiger partial charge in [-0.2, -0.15) is 0 Å². The number of halogens is 2. The zero-order chi connectivity index (χ0) is 32.2. The van der Waals surface area contributed by atoms with Crippen LogP contribution in [0, 0.1) is 23.7 Å². The predicted molar refractivity (Wildman–Crippen MR) is 174 cm³/mol. The van der Waals surface area contributed by atoms with E-state index < -0.39 is 35.7 Å². The van der Waals surface area contributed by atoms with Crippen molar-refractivity contribution >= 4 is 52.1 Å². The first-order valence-corrected chi connectivity index (χ1v) is 17.0. The van der Waals surface area contributed by atoms with Crippen molar-refractivity contribution in [1.29, 1.82) is 0 Å². The molecule has 4 saturated carbocycles. The minimum Gasteiger partial charge on any atom is -0.489 e. The average Bonchev–Trinajstić information content (AvgIpc) is 3.41. The molecule has 3 aromatic rings. The molecule has 1 aliphatic heterocycles. The number of nitrogens with zero attached hydrogens (tertiary/aromatic N) is 1. The molecule has 3 atom stereocenters. The SMILES string of the molecule is CC(Cc1c[nH]c2ccccc12)(NC(=O)OC1C2CC3CC(C2)CC1C3)C(=O)N1CCC(Oc2ccc(Cl)cc2Cl)CC1C(=O)O. The number of hydrogen-bond acceptors (Lipinski definition) is 5. The highest BCUT2D eigenvalue weighted by atomic mass is 35.5. The normalized spacial score (nSPS) is 29.7. The molecule has 5 aliphatic rings. The second kappa shape index (κ2) is 12.3. The Bertz CT molecular complexity index is 1630. The van der Waals surface area contributed by atoms with Crippen molar-refractivity contribution in [3.63, 3.8) is 0 Å². The molecule has 5 fully saturated rings. The number of ether oxygens (including phenoxy) is 2. The van der Waals surface area contributed by atoms with Crippen molar-refractivity contribution in [3.8, 4) is 5.75 Å². The number of amides is 2. The first-order chi connectivity index (χ1) is 22.1. The largest absolute Gasteiger partial charge is 0.489 e. The smallest absolute Gasteiger partial charge is 0.408 e. The third-order valence-corrected chi connectivity index (χ3v) is 11.3. The number of aliphatic carboxylic acids is 1. The number of nitrogens with one attached hydrogen (secondary N) is 2. The third-order valence-electron chi connectivity index (χ3n) is 10.7. The van der Waals surface area contributed by atoms with Crippen LogP contribution in [0.5, 0.6) is 5.75 Å². The Balaban J connectivity index is 1.12. The van der Waals surface area contributed by atoms with Crippen molar-refractivity contribution in [1.82, 2.24) is 15.2 Å². The number of alkyl carbamates (subject to hydrolysis) is 1. The highest BCUT2D eigenvalue weighted by Gasteiger charge is 2.51. The van der Waals surface area contributed by atoms with E-state index in [1.807, 2.05) is 30.5 Å². The van der Waals surface area contributed by atoms with Crippen LogP contribution in [-0.2, 0) is 20.7 Å². The van der Waals surface area contributed by atoms with Crippen LogP contribution in [0.1, 0.15) is 57.4 Å². The summed E-state index contributed by atoms with van der Waals surface area (Å²) in [5, 5.41) is 15.0. The Morgan fingerprint density at radius 1 is 1.02 bits per heavy atom. The number of carbonyl (C=O) groups is 3. The topological polar surface area (TPSA) is 121 Å². The summed E-state index contributed by atoms with van der Waals surface area (Å²) in [6.07, 6.45) is 6.82. The number of H-pyrrole nitrogens is 1. The van der Waals surface area contributed by atoms with E-state index in [4.69, 9.17) is 32.7 Å². The number of hydrogen-bond donors (Lipinski definition) is 3. The van der Waals surface area contributed by atoms with Gasteiger partial charge in [0, 0.05) is 47.9 Å². The number of fused-ring (bicyclic) bond motifs is 1. The molecule has 0 radical (unpaired) electrons. The van der Waals surface area contributed by atoms with E-state index in [9.17, 15) is 19.5 Å². The molecule has 9 nitrogen and oxygen atoms in total. The molecule has 11 heteroatoms. The molecular formula is C35H39Cl2N3O6. The third kappa shape index (κ3) is 6.04. The molecule has 2 aromatic carbocycles. The van der Waals surface area contributed by atoms with Crippen LogP contribution in [0.4, 0.5) is 4.79 Å². The van der Waals surface area contributed by atoms with Gasteiger partial charge in [0.15, 0.2) is 0 Å². The summed E-state index contributed by atoms with van der Waals surface area (Å²) < 4.78 is 12.2. The van der Waals surface area contributed by atoms with Crippen molar-refractivity contribution in [3.05, 3.63) is 64.3 Å². The number of rotatable bonds is 8. The fourth-order valence-electron chi connectivity index (χ4n) is 8.86. The van der Waals surface area contributed by atoms with Gasteiger partial charge < -0.3 is 29.8 Å². The fraction of sp³-hybridized carbons (Fsp3) is 0.514.